The second kappa shape index (κ2) is 13.4. The molecule has 4 fully saturated rings. The smallest absolute Gasteiger partial charge is 0.321 e. The molecule has 6 nitrogen and oxygen atoms in total. The van der Waals surface area contributed by atoms with Crippen LogP contribution in [0.25, 0.3) is 0 Å². The summed E-state index contributed by atoms with van der Waals surface area (Å²) in [5.41, 5.74) is 1.86. The number of carbonyl (C=O) groups is 2. The van der Waals surface area contributed by atoms with E-state index in [1.165, 1.54) is 25.7 Å². The van der Waals surface area contributed by atoms with E-state index < -0.39 is 5.41 Å². The summed E-state index contributed by atoms with van der Waals surface area (Å²) in [6, 6.07) is 20.5. The van der Waals surface area contributed by atoms with Gasteiger partial charge in [-0.15, -0.1) is 0 Å². The number of fused-ring (bicyclic) bond motifs is 5. The first kappa shape index (κ1) is 35.2. The number of esters is 2. The molecule has 1 aliphatic carbocycles. The van der Waals surface area contributed by atoms with Gasteiger partial charge in [0.25, 0.3) is 0 Å². The molecular formula is C38H52Cl2N2O4. The number of halogens is 2. The molecule has 2 aromatic carbocycles. The number of hydrogen-bond donors (Lipinski definition) is 0. The number of hydrogen-bond acceptors (Lipinski definition) is 4. The zero-order chi connectivity index (χ0) is 30.7. The van der Waals surface area contributed by atoms with Gasteiger partial charge in [0.15, 0.2) is 0 Å². The maximum absolute atomic E-state index is 14.6. The van der Waals surface area contributed by atoms with Crippen LogP contribution in [0.5, 0.6) is 0 Å². The summed E-state index contributed by atoms with van der Waals surface area (Å²) in [5.74, 6) is -0.638. The fourth-order valence-electron chi connectivity index (χ4n) is 10.5. The summed E-state index contributed by atoms with van der Waals surface area (Å²) in [6.07, 6.45) is 9.75. The summed E-state index contributed by atoms with van der Waals surface area (Å²) in [4.78, 5) is 28.6. The van der Waals surface area contributed by atoms with Gasteiger partial charge in [0.1, 0.15) is 17.6 Å². The van der Waals surface area contributed by atoms with E-state index in [4.69, 9.17) is 9.47 Å². The Bertz CT molecular complexity index is 1380. The molecule has 5 aliphatic rings. The van der Waals surface area contributed by atoms with Crippen molar-refractivity contribution in [3.8, 4) is 0 Å². The van der Waals surface area contributed by atoms with Crippen LogP contribution in [0, 0.1) is 0 Å². The molecule has 8 heteroatoms. The number of carbonyl (C=O) groups excluding carboxylic acids is 2. The fourth-order valence-corrected chi connectivity index (χ4v) is 10.5. The minimum absolute atomic E-state index is 0. The Kier molecular flexibility index (Phi) is 10.3. The van der Waals surface area contributed by atoms with E-state index in [2.05, 4.69) is 46.1 Å². The van der Waals surface area contributed by atoms with Crippen molar-refractivity contribution >= 4 is 11.9 Å². The van der Waals surface area contributed by atoms with Crippen molar-refractivity contribution in [1.82, 2.24) is 0 Å². The van der Waals surface area contributed by atoms with Crippen molar-refractivity contribution in [2.45, 2.75) is 126 Å². The Morgan fingerprint density at radius 3 is 1.70 bits per heavy atom. The van der Waals surface area contributed by atoms with Gasteiger partial charge in [0, 0.05) is 51.4 Å². The Balaban J connectivity index is 0.00000208. The molecule has 4 bridgehead atoms. The largest absolute Gasteiger partial charge is 1.00 e. The highest BCUT2D eigenvalue weighted by molar-refractivity contribution is 5.91. The van der Waals surface area contributed by atoms with Gasteiger partial charge < -0.3 is 43.3 Å². The molecule has 46 heavy (non-hydrogen) atoms. The number of nitrogens with zero attached hydrogens (tertiary/aromatic N) is 2. The Labute approximate surface area is 288 Å². The number of benzene rings is 2. The first-order valence-electron chi connectivity index (χ1n) is 17.5. The van der Waals surface area contributed by atoms with Crippen LogP contribution in [0.1, 0.15) is 101 Å². The number of quaternary nitrogens is 2. The van der Waals surface area contributed by atoms with Crippen LogP contribution >= 0.6 is 0 Å². The summed E-state index contributed by atoms with van der Waals surface area (Å²) in [5, 5.41) is 0. The van der Waals surface area contributed by atoms with Crippen LogP contribution in [-0.4, -0.2) is 84.5 Å². The second-order valence-electron chi connectivity index (χ2n) is 15.1. The van der Waals surface area contributed by atoms with Gasteiger partial charge in [-0.2, -0.15) is 0 Å². The van der Waals surface area contributed by atoms with Crippen molar-refractivity contribution in [2.75, 3.05) is 27.2 Å². The molecule has 0 radical (unpaired) electrons. The number of ether oxygens (including phenoxy) is 2. The molecule has 0 N–H and O–H groups in total. The first-order chi connectivity index (χ1) is 21.2. The zero-order valence-electron chi connectivity index (χ0n) is 28.0. The fraction of sp³-hybridized carbons (Fsp3) is 0.632. The predicted octanol–water partition coefficient (Wildman–Crippen LogP) is 0.264. The lowest BCUT2D eigenvalue weighted by Gasteiger charge is -2.47. The molecule has 7 rings (SSSR count). The Morgan fingerprint density at radius 2 is 1.17 bits per heavy atom. The molecule has 4 heterocycles. The van der Waals surface area contributed by atoms with E-state index in [0.717, 1.165) is 64.4 Å². The summed E-state index contributed by atoms with van der Waals surface area (Å²) in [7, 11) is 4.78. The van der Waals surface area contributed by atoms with Crippen LogP contribution in [-0.2, 0) is 24.5 Å². The third-order valence-electron chi connectivity index (χ3n) is 13.6. The van der Waals surface area contributed by atoms with Gasteiger partial charge in [-0.05, 0) is 43.4 Å². The van der Waals surface area contributed by atoms with E-state index in [-0.39, 0.29) is 54.9 Å². The van der Waals surface area contributed by atoms with Gasteiger partial charge in [0.2, 0.25) is 0 Å². The highest BCUT2D eigenvalue weighted by atomic mass is 35.5. The molecule has 2 aromatic rings. The predicted molar refractivity (Wildman–Crippen MR) is 171 cm³/mol. The van der Waals surface area contributed by atoms with E-state index >= 15 is 0 Å². The summed E-state index contributed by atoms with van der Waals surface area (Å²) in [6.45, 7) is 6.86. The van der Waals surface area contributed by atoms with Crippen LogP contribution in [0.3, 0.4) is 0 Å². The average molecular weight is 672 g/mol. The standard InChI is InChI=1S/C38H52N2O4.2ClH/c1-5-39(3)27-16-17-28(39)23-31(22-27)43-36(41)34-20-21-38(26-12-8-7-9-13-26,35-15-11-10-14-33(34)35)37(42)44-32-24-29-18-19-30(25-32)40(29,4)6-2;;/h7-15,27-32,34H,5-6,16-25H2,1-4H3;2*1H/q+2;;/p-2/t27-,28+,29-,30+,31?,32?,34-,38-,39?,40?;;/m1../s1. The number of rotatable bonds is 7. The van der Waals surface area contributed by atoms with E-state index in [1.54, 1.807) is 0 Å². The molecule has 0 spiro atoms. The van der Waals surface area contributed by atoms with Crippen molar-refractivity contribution in [2.24, 2.45) is 0 Å². The molecule has 4 aliphatic heterocycles. The van der Waals surface area contributed by atoms with Gasteiger partial charge in [0.05, 0.1) is 57.3 Å². The molecular weight excluding hydrogens is 619 g/mol. The molecule has 0 aromatic heterocycles. The van der Waals surface area contributed by atoms with E-state index in [0.29, 0.717) is 37.0 Å². The lowest BCUT2D eigenvalue weighted by atomic mass is 9.63. The summed E-state index contributed by atoms with van der Waals surface area (Å²) >= 11 is 0. The first-order valence-corrected chi connectivity index (χ1v) is 17.5. The molecule has 10 atom stereocenters. The SMILES string of the molecule is CC[N+]1(C)[C@@H]2CC[C@H]1CC(OC(=O)[C@@H]1CC[C@@](C(=O)OC3C[C@H]4CC[C@@H](C3)[N+]4(C)CC)(c3ccccc3)c3ccccc31)C2.[Cl-].[Cl-]. The second-order valence-corrected chi connectivity index (χ2v) is 15.1. The lowest BCUT2D eigenvalue weighted by Crippen LogP contribution is -3.00. The van der Waals surface area contributed by atoms with Crippen molar-refractivity contribution in [3.63, 3.8) is 0 Å². The third-order valence-corrected chi connectivity index (χ3v) is 13.6. The third kappa shape index (κ3) is 5.49. The quantitative estimate of drug-likeness (QED) is 0.314. The average Bonchev–Trinajstić information content (AvgIpc) is 3.29. The highest BCUT2D eigenvalue weighted by Crippen LogP contribution is 2.50. The van der Waals surface area contributed by atoms with Crippen molar-refractivity contribution in [3.05, 3.63) is 71.3 Å². The van der Waals surface area contributed by atoms with Crippen molar-refractivity contribution < 1.29 is 52.8 Å². The highest BCUT2D eigenvalue weighted by Gasteiger charge is 2.55. The van der Waals surface area contributed by atoms with E-state index in [9.17, 15) is 9.59 Å². The van der Waals surface area contributed by atoms with Crippen LogP contribution < -0.4 is 24.8 Å². The van der Waals surface area contributed by atoms with Crippen LogP contribution in [0.15, 0.2) is 54.6 Å². The van der Waals surface area contributed by atoms with Crippen LogP contribution in [0.2, 0.25) is 0 Å². The normalized spacial score (nSPS) is 38.9. The minimum Gasteiger partial charge on any atom is -1.00 e. The monoisotopic (exact) mass is 670 g/mol. The zero-order valence-corrected chi connectivity index (χ0v) is 29.5. The van der Waals surface area contributed by atoms with Gasteiger partial charge in [-0.25, -0.2) is 0 Å². The lowest BCUT2D eigenvalue weighted by molar-refractivity contribution is -0.947. The molecule has 4 unspecified atom stereocenters. The minimum atomic E-state index is -0.932. The number of piperidine rings is 2. The maximum Gasteiger partial charge on any atom is 0.321 e. The molecule has 0 amide bonds. The van der Waals surface area contributed by atoms with Crippen molar-refractivity contribution in [1.29, 1.82) is 0 Å². The summed E-state index contributed by atoms with van der Waals surface area (Å²) < 4.78 is 15.2. The topological polar surface area (TPSA) is 52.6 Å². The molecule has 0 saturated carbocycles. The van der Waals surface area contributed by atoms with Gasteiger partial charge >= 0.3 is 11.9 Å². The van der Waals surface area contributed by atoms with Crippen LogP contribution in [0.4, 0.5) is 0 Å². The Hall–Kier alpha value is -2.12. The maximum atomic E-state index is 14.6. The molecule has 4 saturated heterocycles. The van der Waals surface area contributed by atoms with E-state index in [1.807, 2.05) is 36.4 Å². The molecule has 252 valence electrons. The Morgan fingerprint density at radius 1 is 0.696 bits per heavy atom. The van der Waals surface area contributed by atoms with Gasteiger partial charge in [-0.3, -0.25) is 9.59 Å². The van der Waals surface area contributed by atoms with Gasteiger partial charge in [-0.1, -0.05) is 54.6 Å².